The van der Waals surface area contributed by atoms with E-state index in [1.54, 1.807) is 36.5 Å². The van der Waals surface area contributed by atoms with E-state index in [1.165, 1.54) is 27.4 Å². The second-order valence-corrected chi connectivity index (χ2v) is 8.80. The molecular weight excluding hydrogens is 428 g/mol. The number of hydrogen-bond acceptors (Lipinski definition) is 4. The summed E-state index contributed by atoms with van der Waals surface area (Å²) >= 11 is 0. The summed E-state index contributed by atoms with van der Waals surface area (Å²) in [5, 5.41) is 2.79. The summed E-state index contributed by atoms with van der Waals surface area (Å²) < 4.78 is 1.38. The highest BCUT2D eigenvalue weighted by molar-refractivity contribution is 5.96. The van der Waals surface area contributed by atoms with E-state index < -0.39 is 0 Å². The molecule has 0 radical (unpaired) electrons. The molecule has 0 bridgehead atoms. The zero-order chi connectivity index (χ0) is 24.2. The number of anilines is 2. The highest BCUT2D eigenvalue weighted by Crippen LogP contribution is 2.24. The molecule has 7 nitrogen and oxygen atoms in total. The van der Waals surface area contributed by atoms with Crippen LogP contribution in [0.25, 0.3) is 0 Å². The average molecular weight is 459 g/mol. The van der Waals surface area contributed by atoms with Gasteiger partial charge in [0.2, 0.25) is 5.91 Å². The van der Waals surface area contributed by atoms with Crippen LogP contribution in [0, 0.1) is 20.8 Å². The number of benzene rings is 2. The molecule has 2 heterocycles. The van der Waals surface area contributed by atoms with Crippen molar-refractivity contribution in [3.8, 4) is 0 Å². The molecule has 2 amide bonds. The van der Waals surface area contributed by atoms with Gasteiger partial charge in [0.25, 0.3) is 11.5 Å². The van der Waals surface area contributed by atoms with Crippen molar-refractivity contribution in [1.29, 1.82) is 0 Å². The van der Waals surface area contributed by atoms with E-state index in [0.29, 0.717) is 24.3 Å². The Labute approximate surface area is 199 Å². The zero-order valence-corrected chi connectivity index (χ0v) is 19.9. The van der Waals surface area contributed by atoms with Crippen LogP contribution in [0.3, 0.4) is 0 Å². The van der Waals surface area contributed by atoms with E-state index >= 15 is 0 Å². The minimum atomic E-state index is -0.297. The monoisotopic (exact) mass is 458 g/mol. The first-order valence-corrected chi connectivity index (χ1v) is 11.5. The number of amides is 2. The van der Waals surface area contributed by atoms with E-state index in [1.807, 2.05) is 11.8 Å². The van der Waals surface area contributed by atoms with Crippen molar-refractivity contribution < 1.29 is 9.59 Å². The maximum atomic E-state index is 13.0. The average Bonchev–Trinajstić information content (AvgIpc) is 2.83. The summed E-state index contributed by atoms with van der Waals surface area (Å²) in [5.74, 6) is -0.306. The lowest BCUT2D eigenvalue weighted by Gasteiger charge is -2.37. The van der Waals surface area contributed by atoms with Crippen molar-refractivity contribution in [2.75, 3.05) is 36.4 Å². The van der Waals surface area contributed by atoms with Gasteiger partial charge in [-0.2, -0.15) is 0 Å². The zero-order valence-electron chi connectivity index (χ0n) is 19.9. The van der Waals surface area contributed by atoms with Gasteiger partial charge in [0, 0.05) is 55.4 Å². The lowest BCUT2D eigenvalue weighted by molar-refractivity contribution is -0.116. The third-order valence-corrected chi connectivity index (χ3v) is 6.34. The Morgan fingerprint density at radius 2 is 1.59 bits per heavy atom. The maximum absolute atomic E-state index is 13.0. The Balaban J connectivity index is 1.33. The molecule has 1 N–H and O–H groups in total. The molecule has 34 heavy (non-hydrogen) atoms. The Morgan fingerprint density at radius 1 is 0.882 bits per heavy atom. The number of rotatable bonds is 5. The van der Waals surface area contributed by atoms with Crippen LogP contribution in [0.4, 0.5) is 11.4 Å². The summed E-state index contributed by atoms with van der Waals surface area (Å²) in [6.45, 7) is 8.98. The van der Waals surface area contributed by atoms with Gasteiger partial charge >= 0.3 is 0 Å². The highest BCUT2D eigenvalue weighted by atomic mass is 16.2. The fraction of sp³-hybridized carbons (Fsp3) is 0.296. The minimum Gasteiger partial charge on any atom is -0.368 e. The first-order valence-electron chi connectivity index (χ1n) is 11.5. The predicted octanol–water partition coefficient (Wildman–Crippen LogP) is 3.37. The molecule has 0 atom stereocenters. The molecular formula is C27H30N4O3. The minimum absolute atomic E-state index is 0.00944. The number of carbonyl (C=O) groups excluding carboxylic acids is 2. The summed E-state index contributed by atoms with van der Waals surface area (Å²) in [5.41, 5.74) is 5.65. The normalized spacial score (nSPS) is 13.6. The summed E-state index contributed by atoms with van der Waals surface area (Å²) in [6.07, 6.45) is 1.66. The molecule has 0 unspecified atom stereocenters. The molecule has 3 aromatic rings. The maximum Gasteiger partial charge on any atom is 0.253 e. The fourth-order valence-corrected chi connectivity index (χ4v) is 4.24. The Hall–Kier alpha value is -3.87. The molecule has 4 rings (SSSR count). The van der Waals surface area contributed by atoms with Crippen molar-refractivity contribution in [2.45, 2.75) is 27.3 Å². The van der Waals surface area contributed by atoms with Gasteiger partial charge in [0.15, 0.2) is 0 Å². The second-order valence-electron chi connectivity index (χ2n) is 8.80. The van der Waals surface area contributed by atoms with Crippen molar-refractivity contribution in [3.63, 3.8) is 0 Å². The van der Waals surface area contributed by atoms with E-state index in [4.69, 9.17) is 0 Å². The van der Waals surface area contributed by atoms with Crippen LogP contribution in [-0.2, 0) is 11.3 Å². The lowest BCUT2D eigenvalue weighted by atomic mass is 10.1. The van der Waals surface area contributed by atoms with Crippen molar-refractivity contribution >= 4 is 23.2 Å². The third kappa shape index (κ3) is 5.20. The molecule has 1 aromatic heterocycles. The topological polar surface area (TPSA) is 74.6 Å². The number of aryl methyl sites for hydroxylation is 2. The van der Waals surface area contributed by atoms with E-state index in [0.717, 1.165) is 18.7 Å². The molecule has 1 saturated heterocycles. The van der Waals surface area contributed by atoms with Gasteiger partial charge in [0.05, 0.1) is 0 Å². The molecule has 7 heteroatoms. The van der Waals surface area contributed by atoms with Gasteiger partial charge in [-0.3, -0.25) is 14.4 Å². The number of nitrogens with one attached hydrogen (secondary N) is 1. The van der Waals surface area contributed by atoms with E-state index in [2.05, 4.69) is 42.3 Å². The Bertz CT molecular complexity index is 1260. The van der Waals surface area contributed by atoms with Crippen molar-refractivity contribution in [1.82, 2.24) is 9.47 Å². The number of carbonyl (C=O) groups is 2. The molecule has 0 aliphatic carbocycles. The van der Waals surface area contributed by atoms with E-state index in [9.17, 15) is 14.4 Å². The summed E-state index contributed by atoms with van der Waals surface area (Å²) in [7, 11) is 0. The first kappa shape index (κ1) is 23.3. The van der Waals surface area contributed by atoms with Crippen LogP contribution in [0.2, 0.25) is 0 Å². The molecule has 1 fully saturated rings. The molecule has 0 spiro atoms. The van der Waals surface area contributed by atoms with Crippen LogP contribution < -0.4 is 15.8 Å². The van der Waals surface area contributed by atoms with Gasteiger partial charge in [-0.1, -0.05) is 18.2 Å². The molecule has 1 aliphatic heterocycles. The van der Waals surface area contributed by atoms with Gasteiger partial charge in [-0.05, 0) is 67.8 Å². The van der Waals surface area contributed by atoms with Gasteiger partial charge < -0.3 is 19.7 Å². The summed E-state index contributed by atoms with van der Waals surface area (Å²) in [4.78, 5) is 41.5. The standard InChI is InChI=1S/C27H30N4O3/c1-19-7-12-26(33)31(17-19)18-25(32)28-23-10-8-22(9-11-23)27(34)30-15-13-29(14-16-30)24-6-4-5-20(2)21(24)3/h4-12,17H,13-16,18H2,1-3H3,(H,28,32). The van der Waals surface area contributed by atoms with Crippen molar-refractivity contribution in [3.05, 3.63) is 93.4 Å². The number of hydrogen-bond donors (Lipinski definition) is 1. The van der Waals surface area contributed by atoms with Crippen LogP contribution in [0.1, 0.15) is 27.0 Å². The molecule has 1 aliphatic rings. The quantitative estimate of drug-likeness (QED) is 0.636. The SMILES string of the molecule is Cc1ccc(=O)n(CC(=O)Nc2ccc(C(=O)N3CCN(c4cccc(C)c4C)CC3)cc2)c1. The van der Waals surface area contributed by atoms with Crippen LogP contribution in [-0.4, -0.2) is 47.5 Å². The smallest absolute Gasteiger partial charge is 0.253 e. The fourth-order valence-electron chi connectivity index (χ4n) is 4.24. The largest absolute Gasteiger partial charge is 0.368 e. The lowest BCUT2D eigenvalue weighted by Crippen LogP contribution is -2.49. The van der Waals surface area contributed by atoms with Gasteiger partial charge in [-0.25, -0.2) is 0 Å². The number of pyridine rings is 1. The Morgan fingerprint density at radius 3 is 2.29 bits per heavy atom. The molecule has 0 saturated carbocycles. The predicted molar refractivity (Wildman–Crippen MR) is 135 cm³/mol. The molecule has 2 aromatic carbocycles. The van der Waals surface area contributed by atoms with E-state index in [-0.39, 0.29) is 23.9 Å². The van der Waals surface area contributed by atoms with Crippen LogP contribution >= 0.6 is 0 Å². The summed E-state index contributed by atoms with van der Waals surface area (Å²) in [6, 6.07) is 16.4. The molecule has 176 valence electrons. The van der Waals surface area contributed by atoms with Crippen LogP contribution in [0.15, 0.2) is 65.6 Å². The highest BCUT2D eigenvalue weighted by Gasteiger charge is 2.23. The van der Waals surface area contributed by atoms with Gasteiger partial charge in [0.1, 0.15) is 6.54 Å². The third-order valence-electron chi connectivity index (χ3n) is 6.34. The first-order chi connectivity index (χ1) is 16.3. The Kier molecular flexibility index (Phi) is 6.82. The number of nitrogens with zero attached hydrogens (tertiary/aromatic N) is 3. The van der Waals surface area contributed by atoms with Crippen molar-refractivity contribution in [2.24, 2.45) is 0 Å². The number of aromatic nitrogens is 1. The van der Waals surface area contributed by atoms with Gasteiger partial charge in [-0.15, -0.1) is 0 Å². The second kappa shape index (κ2) is 9.95. The van der Waals surface area contributed by atoms with Crippen LogP contribution in [0.5, 0.6) is 0 Å². The number of piperazine rings is 1.